The lowest BCUT2D eigenvalue weighted by molar-refractivity contribution is 0.190. The Morgan fingerprint density at radius 2 is 1.77 bits per heavy atom. The van der Waals surface area contributed by atoms with Gasteiger partial charge < -0.3 is 5.73 Å². The van der Waals surface area contributed by atoms with Gasteiger partial charge in [0.1, 0.15) is 0 Å². The molecule has 0 amide bonds. The summed E-state index contributed by atoms with van der Waals surface area (Å²) in [5, 5.41) is 0. The van der Waals surface area contributed by atoms with Gasteiger partial charge in [0.25, 0.3) is 6.43 Å². The van der Waals surface area contributed by atoms with Crippen molar-refractivity contribution in [1.29, 1.82) is 0 Å². The van der Waals surface area contributed by atoms with Gasteiger partial charge in [0.15, 0.2) is 0 Å². The van der Waals surface area contributed by atoms with E-state index in [0.29, 0.717) is 5.56 Å². The lowest BCUT2D eigenvalue weighted by atomic mass is 10.1. The molecular weight excluding hydrogens is 172 g/mol. The molecule has 0 atom stereocenters. The average Bonchev–Trinajstić information content (AvgIpc) is 2.17. The molecule has 0 saturated heterocycles. The Morgan fingerprint density at radius 1 is 1.23 bits per heavy atom. The summed E-state index contributed by atoms with van der Waals surface area (Å²) in [6, 6.07) is 8.76. The third-order valence-electron chi connectivity index (χ3n) is 1.84. The number of alkyl halides is 2. The van der Waals surface area contributed by atoms with Crippen LogP contribution in [0.25, 0.3) is 5.70 Å². The lowest BCUT2D eigenvalue weighted by Crippen LogP contribution is -2.05. The third-order valence-corrected chi connectivity index (χ3v) is 1.84. The Hall–Kier alpha value is -1.38. The van der Waals surface area contributed by atoms with E-state index in [2.05, 4.69) is 0 Å². The van der Waals surface area contributed by atoms with Gasteiger partial charge in [0, 0.05) is 11.3 Å². The van der Waals surface area contributed by atoms with Crippen molar-refractivity contribution in [1.82, 2.24) is 0 Å². The van der Waals surface area contributed by atoms with Crippen LogP contribution in [0, 0.1) is 0 Å². The molecule has 2 N–H and O–H groups in total. The Kier molecular flexibility index (Phi) is 3.01. The molecule has 0 radical (unpaired) electrons. The van der Waals surface area contributed by atoms with Crippen molar-refractivity contribution in [3.63, 3.8) is 0 Å². The number of allylic oxidation sites excluding steroid dienone is 1. The molecule has 70 valence electrons. The fraction of sp³-hybridized carbons (Fsp3) is 0.200. The van der Waals surface area contributed by atoms with E-state index in [1.54, 1.807) is 24.3 Å². The molecule has 1 aromatic rings. The van der Waals surface area contributed by atoms with Crippen LogP contribution in [0.15, 0.2) is 35.9 Å². The summed E-state index contributed by atoms with van der Waals surface area (Å²) in [6.07, 6.45) is -2.49. The van der Waals surface area contributed by atoms with Crippen LogP contribution in [0.5, 0.6) is 0 Å². The van der Waals surface area contributed by atoms with Crippen molar-refractivity contribution in [2.75, 3.05) is 0 Å². The predicted octanol–water partition coefficient (Wildman–Crippen LogP) is 2.64. The first-order chi connectivity index (χ1) is 6.13. The zero-order chi connectivity index (χ0) is 9.84. The predicted molar refractivity (Wildman–Crippen MR) is 49.2 cm³/mol. The molecule has 0 unspecified atom stereocenters. The van der Waals surface area contributed by atoms with E-state index in [9.17, 15) is 8.78 Å². The van der Waals surface area contributed by atoms with E-state index in [4.69, 9.17) is 5.73 Å². The van der Waals surface area contributed by atoms with Crippen LogP contribution in [0.3, 0.4) is 0 Å². The van der Waals surface area contributed by atoms with Crippen LogP contribution in [0.1, 0.15) is 12.5 Å². The highest BCUT2D eigenvalue weighted by Gasteiger charge is 2.10. The van der Waals surface area contributed by atoms with Gasteiger partial charge in [-0.25, -0.2) is 8.78 Å². The van der Waals surface area contributed by atoms with Gasteiger partial charge in [-0.2, -0.15) is 0 Å². The fourth-order valence-corrected chi connectivity index (χ4v) is 0.963. The van der Waals surface area contributed by atoms with Gasteiger partial charge in [-0.1, -0.05) is 30.3 Å². The Balaban J connectivity index is 3.03. The maximum absolute atomic E-state index is 12.2. The van der Waals surface area contributed by atoms with Crippen molar-refractivity contribution in [2.24, 2.45) is 5.73 Å². The van der Waals surface area contributed by atoms with Crippen LogP contribution < -0.4 is 5.73 Å². The summed E-state index contributed by atoms with van der Waals surface area (Å²) in [4.78, 5) is 0. The van der Waals surface area contributed by atoms with Gasteiger partial charge in [-0.05, 0) is 12.5 Å². The molecule has 13 heavy (non-hydrogen) atoms. The first-order valence-electron chi connectivity index (χ1n) is 3.92. The second-order valence-electron chi connectivity index (χ2n) is 2.76. The molecule has 0 aliphatic rings. The number of rotatable bonds is 2. The minimum atomic E-state index is -2.49. The first kappa shape index (κ1) is 9.71. The highest BCUT2D eigenvalue weighted by atomic mass is 19.3. The number of hydrogen-bond acceptors (Lipinski definition) is 1. The van der Waals surface area contributed by atoms with Gasteiger partial charge in [0.2, 0.25) is 0 Å². The monoisotopic (exact) mass is 183 g/mol. The lowest BCUT2D eigenvalue weighted by Gasteiger charge is -2.06. The van der Waals surface area contributed by atoms with Crippen molar-refractivity contribution >= 4 is 5.70 Å². The molecule has 0 spiro atoms. The standard InChI is InChI=1S/C10H11F2N/c1-7(10(11)12)9(13)8-5-3-2-4-6-8/h2-6,10H,13H2,1H3. The summed E-state index contributed by atoms with van der Waals surface area (Å²) < 4.78 is 24.5. The molecular formula is C10H11F2N. The second-order valence-corrected chi connectivity index (χ2v) is 2.76. The molecule has 0 aromatic heterocycles. The fourth-order valence-electron chi connectivity index (χ4n) is 0.963. The molecule has 0 fully saturated rings. The van der Waals surface area contributed by atoms with Crippen molar-refractivity contribution < 1.29 is 8.78 Å². The average molecular weight is 183 g/mol. The van der Waals surface area contributed by atoms with Gasteiger partial charge in [-0.15, -0.1) is 0 Å². The molecule has 0 bridgehead atoms. The highest BCUT2D eigenvalue weighted by molar-refractivity contribution is 5.65. The largest absolute Gasteiger partial charge is 0.398 e. The molecule has 0 heterocycles. The van der Waals surface area contributed by atoms with Crippen LogP contribution in [-0.2, 0) is 0 Å². The molecule has 1 aromatic carbocycles. The Bertz CT molecular complexity index is 304. The van der Waals surface area contributed by atoms with Crippen LogP contribution in [0.4, 0.5) is 8.78 Å². The minimum absolute atomic E-state index is 0.0776. The summed E-state index contributed by atoms with van der Waals surface area (Å²) in [5.41, 5.74) is 6.26. The van der Waals surface area contributed by atoms with E-state index in [1.165, 1.54) is 6.92 Å². The molecule has 1 rings (SSSR count). The molecule has 1 nitrogen and oxygen atoms in total. The minimum Gasteiger partial charge on any atom is -0.398 e. The molecule has 0 aliphatic heterocycles. The van der Waals surface area contributed by atoms with Crippen LogP contribution >= 0.6 is 0 Å². The number of hydrogen-bond donors (Lipinski definition) is 1. The zero-order valence-corrected chi connectivity index (χ0v) is 7.30. The molecule has 0 saturated carbocycles. The van der Waals surface area contributed by atoms with Crippen molar-refractivity contribution in [3.05, 3.63) is 41.5 Å². The Morgan fingerprint density at radius 3 is 2.23 bits per heavy atom. The van der Waals surface area contributed by atoms with Crippen LogP contribution in [0.2, 0.25) is 0 Å². The number of nitrogens with two attached hydrogens (primary N) is 1. The summed E-state index contributed by atoms with van der Waals surface area (Å²) >= 11 is 0. The van der Waals surface area contributed by atoms with Crippen molar-refractivity contribution in [3.8, 4) is 0 Å². The van der Waals surface area contributed by atoms with E-state index in [0.717, 1.165) is 0 Å². The van der Waals surface area contributed by atoms with E-state index in [1.807, 2.05) is 6.07 Å². The van der Waals surface area contributed by atoms with Gasteiger partial charge in [-0.3, -0.25) is 0 Å². The smallest absolute Gasteiger partial charge is 0.261 e. The van der Waals surface area contributed by atoms with E-state index >= 15 is 0 Å². The summed E-state index contributed by atoms with van der Waals surface area (Å²) in [5.74, 6) is 0. The molecule has 3 heteroatoms. The maximum Gasteiger partial charge on any atom is 0.261 e. The van der Waals surface area contributed by atoms with Crippen molar-refractivity contribution in [2.45, 2.75) is 13.3 Å². The van der Waals surface area contributed by atoms with Gasteiger partial charge in [0.05, 0.1) is 0 Å². The van der Waals surface area contributed by atoms with E-state index in [-0.39, 0.29) is 11.3 Å². The quantitative estimate of drug-likeness (QED) is 0.749. The summed E-state index contributed by atoms with van der Waals surface area (Å²) in [6.45, 7) is 1.34. The third kappa shape index (κ3) is 2.28. The topological polar surface area (TPSA) is 26.0 Å². The second kappa shape index (κ2) is 4.03. The maximum atomic E-state index is 12.2. The van der Waals surface area contributed by atoms with Crippen LogP contribution in [-0.4, -0.2) is 6.43 Å². The summed E-state index contributed by atoms with van der Waals surface area (Å²) in [7, 11) is 0. The van der Waals surface area contributed by atoms with Gasteiger partial charge >= 0.3 is 0 Å². The number of halogens is 2. The van der Waals surface area contributed by atoms with E-state index < -0.39 is 6.43 Å². The number of benzene rings is 1. The zero-order valence-electron chi connectivity index (χ0n) is 7.30. The SMILES string of the molecule is CC(=C(N)c1ccccc1)C(F)F. The first-order valence-corrected chi connectivity index (χ1v) is 3.92. The normalized spacial score (nSPS) is 12.9. The Labute approximate surface area is 75.9 Å². The highest BCUT2D eigenvalue weighted by Crippen LogP contribution is 2.17. The molecule has 0 aliphatic carbocycles.